The van der Waals surface area contributed by atoms with Gasteiger partial charge in [-0.05, 0) is 31.2 Å². The Morgan fingerprint density at radius 2 is 1.92 bits per heavy atom. The number of nitrogens with zero attached hydrogens (tertiary/aromatic N) is 4. The number of carbonyl (C=O) groups is 1. The molecule has 6 nitrogen and oxygen atoms in total. The molecular weight excluding hydrogens is 370 g/mol. The number of thiophene rings is 1. The van der Waals surface area contributed by atoms with Crippen molar-refractivity contribution in [2.24, 2.45) is 0 Å². The first-order valence-corrected chi connectivity index (χ1v) is 9.11. The monoisotopic (exact) mass is 383 g/mol. The molecule has 0 unspecified atom stereocenters. The van der Waals surface area contributed by atoms with E-state index < -0.39 is 0 Å². The highest BCUT2D eigenvalue weighted by atomic mass is 35.5. The lowest BCUT2D eigenvalue weighted by atomic mass is 10.1. The number of halogens is 1. The van der Waals surface area contributed by atoms with Crippen LogP contribution in [0.5, 0.6) is 0 Å². The van der Waals surface area contributed by atoms with Gasteiger partial charge in [0.15, 0.2) is 11.5 Å². The van der Waals surface area contributed by atoms with Crippen molar-refractivity contribution in [3.8, 4) is 11.3 Å². The van der Waals surface area contributed by atoms with E-state index in [0.29, 0.717) is 20.7 Å². The number of amides is 1. The minimum Gasteiger partial charge on any atom is -0.344 e. The molecule has 0 aliphatic carbocycles. The summed E-state index contributed by atoms with van der Waals surface area (Å²) in [5.74, 6) is 0.360. The summed E-state index contributed by atoms with van der Waals surface area (Å²) in [7, 11) is 0. The van der Waals surface area contributed by atoms with Crippen LogP contribution in [0.4, 0.5) is 0 Å². The highest BCUT2D eigenvalue weighted by Crippen LogP contribution is 2.21. The first-order chi connectivity index (χ1) is 12.6. The topological polar surface area (TPSA) is 72.2 Å². The number of nitrogens with one attached hydrogen (secondary N) is 1. The van der Waals surface area contributed by atoms with Crippen LogP contribution in [-0.2, 0) is 6.54 Å². The molecule has 1 N–H and O–H groups in total. The van der Waals surface area contributed by atoms with Crippen molar-refractivity contribution in [2.45, 2.75) is 13.5 Å². The lowest BCUT2D eigenvalue weighted by molar-refractivity contribution is 0.0953. The maximum absolute atomic E-state index is 12.2. The Labute approximate surface area is 158 Å². The minimum atomic E-state index is -0.201. The molecule has 4 aromatic rings. The lowest BCUT2D eigenvalue weighted by Crippen LogP contribution is -2.23. The first-order valence-electron chi connectivity index (χ1n) is 7.92. The summed E-state index contributed by atoms with van der Waals surface area (Å²) in [5.41, 5.74) is 3.64. The van der Waals surface area contributed by atoms with Crippen molar-refractivity contribution in [1.82, 2.24) is 25.1 Å². The van der Waals surface area contributed by atoms with E-state index in [9.17, 15) is 4.79 Å². The van der Waals surface area contributed by atoms with Crippen molar-refractivity contribution in [3.63, 3.8) is 0 Å². The number of aromatic nitrogens is 4. The van der Waals surface area contributed by atoms with Gasteiger partial charge in [0.25, 0.3) is 5.91 Å². The van der Waals surface area contributed by atoms with Gasteiger partial charge in [0, 0.05) is 5.56 Å². The molecule has 0 saturated heterocycles. The highest BCUT2D eigenvalue weighted by Gasteiger charge is 2.12. The van der Waals surface area contributed by atoms with Crippen LogP contribution in [0.2, 0.25) is 4.34 Å². The molecule has 1 amide bonds. The molecule has 0 fully saturated rings. The Morgan fingerprint density at radius 1 is 1.12 bits per heavy atom. The molecule has 0 atom stereocenters. The molecule has 26 heavy (non-hydrogen) atoms. The van der Waals surface area contributed by atoms with Gasteiger partial charge in [-0.2, -0.15) is 9.61 Å². The zero-order chi connectivity index (χ0) is 18.1. The fourth-order valence-corrected chi connectivity index (χ4v) is 3.46. The van der Waals surface area contributed by atoms with Crippen LogP contribution in [0.1, 0.15) is 21.1 Å². The van der Waals surface area contributed by atoms with Crippen molar-refractivity contribution >= 4 is 34.5 Å². The number of rotatable bonds is 4. The van der Waals surface area contributed by atoms with Gasteiger partial charge in [-0.25, -0.2) is 0 Å². The molecular formula is C18H14ClN5OS. The van der Waals surface area contributed by atoms with Crippen LogP contribution in [0.25, 0.3) is 16.9 Å². The molecule has 3 heterocycles. The van der Waals surface area contributed by atoms with Gasteiger partial charge in [0.2, 0.25) is 0 Å². The smallest absolute Gasteiger partial charge is 0.261 e. The maximum atomic E-state index is 12.2. The zero-order valence-electron chi connectivity index (χ0n) is 13.8. The summed E-state index contributed by atoms with van der Waals surface area (Å²) in [6.45, 7) is 2.27. The maximum Gasteiger partial charge on any atom is 0.261 e. The summed E-state index contributed by atoms with van der Waals surface area (Å²) in [4.78, 5) is 12.7. The third-order valence-electron chi connectivity index (χ3n) is 3.88. The molecule has 1 aromatic carbocycles. The fraction of sp³-hybridized carbons (Fsp3) is 0.111. The van der Waals surface area contributed by atoms with E-state index >= 15 is 0 Å². The van der Waals surface area contributed by atoms with E-state index in [1.54, 1.807) is 16.6 Å². The zero-order valence-corrected chi connectivity index (χ0v) is 15.4. The first kappa shape index (κ1) is 16.7. The lowest BCUT2D eigenvalue weighted by Gasteiger charge is -2.05. The molecule has 0 radical (unpaired) electrons. The largest absolute Gasteiger partial charge is 0.344 e. The van der Waals surface area contributed by atoms with Gasteiger partial charge >= 0.3 is 0 Å². The van der Waals surface area contributed by atoms with E-state index in [2.05, 4.69) is 20.6 Å². The van der Waals surface area contributed by atoms with Crippen LogP contribution in [-0.4, -0.2) is 25.7 Å². The number of fused-ring (bicyclic) bond motifs is 1. The van der Waals surface area contributed by atoms with Gasteiger partial charge in [0.05, 0.1) is 21.5 Å². The summed E-state index contributed by atoms with van der Waals surface area (Å²) in [6, 6.07) is 15.3. The summed E-state index contributed by atoms with van der Waals surface area (Å²) < 4.78 is 2.23. The Kier molecular flexibility index (Phi) is 4.40. The van der Waals surface area contributed by atoms with Gasteiger partial charge in [-0.3, -0.25) is 4.79 Å². The summed E-state index contributed by atoms with van der Waals surface area (Å²) >= 11 is 7.10. The number of aryl methyl sites for hydroxylation is 1. The van der Waals surface area contributed by atoms with E-state index in [0.717, 1.165) is 11.3 Å². The SMILES string of the molecule is Cc1ccc(-c2ccc3nnc(CNC(=O)c4ccc(Cl)s4)n3n2)cc1. The third kappa shape index (κ3) is 3.31. The molecule has 0 aliphatic heterocycles. The van der Waals surface area contributed by atoms with Crippen LogP contribution in [0.3, 0.4) is 0 Å². The predicted molar refractivity (Wildman–Crippen MR) is 101 cm³/mol. The van der Waals surface area contributed by atoms with E-state index in [1.165, 1.54) is 16.9 Å². The van der Waals surface area contributed by atoms with Crippen molar-refractivity contribution in [3.05, 3.63) is 69.1 Å². The Hall–Kier alpha value is -2.77. The van der Waals surface area contributed by atoms with Crippen LogP contribution >= 0.6 is 22.9 Å². The Bertz CT molecular complexity index is 1090. The van der Waals surface area contributed by atoms with Gasteiger partial charge < -0.3 is 5.32 Å². The Morgan fingerprint density at radius 3 is 2.65 bits per heavy atom. The standard InChI is InChI=1S/C18H14ClN5OS/c1-11-2-4-12(5-3-11)13-6-9-16-21-22-17(24(16)23-13)10-20-18(25)14-7-8-15(19)26-14/h2-9H,10H2,1H3,(H,20,25). The normalized spacial score (nSPS) is 11.0. The third-order valence-corrected chi connectivity index (χ3v) is 5.11. The average Bonchev–Trinajstić information content (AvgIpc) is 3.26. The molecule has 0 bridgehead atoms. The average molecular weight is 384 g/mol. The second-order valence-corrected chi connectivity index (χ2v) is 7.47. The molecule has 0 aliphatic rings. The van der Waals surface area contributed by atoms with Crippen LogP contribution in [0, 0.1) is 6.92 Å². The van der Waals surface area contributed by atoms with Crippen LogP contribution < -0.4 is 5.32 Å². The number of benzene rings is 1. The molecule has 0 spiro atoms. The van der Waals surface area contributed by atoms with E-state index in [1.807, 2.05) is 43.3 Å². The summed E-state index contributed by atoms with van der Waals surface area (Å²) in [6.07, 6.45) is 0. The van der Waals surface area contributed by atoms with Crippen molar-refractivity contribution in [2.75, 3.05) is 0 Å². The van der Waals surface area contributed by atoms with Crippen LogP contribution in [0.15, 0.2) is 48.5 Å². The van der Waals surface area contributed by atoms with E-state index in [-0.39, 0.29) is 12.5 Å². The van der Waals surface area contributed by atoms with Gasteiger partial charge in [0.1, 0.15) is 0 Å². The molecule has 0 saturated carbocycles. The molecule has 130 valence electrons. The van der Waals surface area contributed by atoms with E-state index in [4.69, 9.17) is 11.6 Å². The Balaban J connectivity index is 1.58. The highest BCUT2D eigenvalue weighted by molar-refractivity contribution is 7.17. The van der Waals surface area contributed by atoms with Crippen molar-refractivity contribution in [1.29, 1.82) is 0 Å². The number of carbonyl (C=O) groups excluding carboxylic acids is 1. The fourth-order valence-electron chi connectivity index (χ4n) is 2.50. The number of hydrogen-bond donors (Lipinski definition) is 1. The second kappa shape index (κ2) is 6.86. The van der Waals surface area contributed by atoms with Gasteiger partial charge in [-0.15, -0.1) is 21.5 Å². The second-order valence-electron chi connectivity index (χ2n) is 5.76. The predicted octanol–water partition coefficient (Wildman–Crippen LogP) is 3.74. The number of hydrogen-bond acceptors (Lipinski definition) is 5. The minimum absolute atomic E-state index is 0.201. The van der Waals surface area contributed by atoms with Gasteiger partial charge in [-0.1, -0.05) is 41.4 Å². The quantitative estimate of drug-likeness (QED) is 0.582. The molecule has 8 heteroatoms. The van der Waals surface area contributed by atoms with Crippen molar-refractivity contribution < 1.29 is 4.79 Å². The summed E-state index contributed by atoms with van der Waals surface area (Å²) in [5, 5.41) is 15.7. The molecule has 3 aromatic heterocycles. The molecule has 4 rings (SSSR count).